The number of aromatic nitrogens is 3. The van der Waals surface area contributed by atoms with Crippen molar-refractivity contribution in [3.63, 3.8) is 0 Å². The SMILES string of the molecule is CCCCCOCCNCc1ccc2nc(N)c3nc(CCCC)n(Cc4cccc(O)c4O)c3c2c1. The first-order chi connectivity index (χ1) is 18.0. The summed E-state index contributed by atoms with van der Waals surface area (Å²) in [5.41, 5.74) is 10.5. The van der Waals surface area contributed by atoms with Crippen molar-refractivity contribution in [1.29, 1.82) is 0 Å². The number of fused-ring (bicyclic) bond motifs is 3. The van der Waals surface area contributed by atoms with Crippen LogP contribution in [0, 0.1) is 0 Å². The van der Waals surface area contributed by atoms with Crippen molar-refractivity contribution in [3.8, 4) is 11.5 Å². The number of nitrogen functional groups attached to an aromatic ring is 1. The van der Waals surface area contributed by atoms with Gasteiger partial charge in [-0.15, -0.1) is 0 Å². The van der Waals surface area contributed by atoms with Crippen molar-refractivity contribution in [2.24, 2.45) is 0 Å². The zero-order chi connectivity index (χ0) is 26.2. The van der Waals surface area contributed by atoms with Crippen LogP contribution in [0.3, 0.4) is 0 Å². The number of nitrogens with zero attached hydrogens (tertiary/aromatic N) is 3. The average molecular weight is 506 g/mol. The molecule has 0 amide bonds. The molecule has 2 aromatic carbocycles. The highest BCUT2D eigenvalue weighted by atomic mass is 16.5. The van der Waals surface area contributed by atoms with Crippen LogP contribution in [0.15, 0.2) is 36.4 Å². The van der Waals surface area contributed by atoms with Gasteiger partial charge in [-0.05, 0) is 36.6 Å². The molecule has 198 valence electrons. The Balaban J connectivity index is 1.65. The summed E-state index contributed by atoms with van der Waals surface area (Å²) in [5, 5.41) is 25.0. The highest BCUT2D eigenvalue weighted by Crippen LogP contribution is 2.34. The molecule has 4 rings (SSSR count). The highest BCUT2D eigenvalue weighted by Gasteiger charge is 2.19. The zero-order valence-electron chi connectivity index (χ0n) is 22.0. The first kappa shape index (κ1) is 26.7. The fraction of sp³-hybridized carbons (Fsp3) is 0.448. The van der Waals surface area contributed by atoms with E-state index in [4.69, 9.17) is 15.5 Å². The molecule has 2 heterocycles. The Labute approximate surface area is 218 Å². The summed E-state index contributed by atoms with van der Waals surface area (Å²) in [4.78, 5) is 9.53. The van der Waals surface area contributed by atoms with Crippen molar-refractivity contribution in [3.05, 3.63) is 53.3 Å². The van der Waals surface area contributed by atoms with Gasteiger partial charge in [-0.2, -0.15) is 0 Å². The van der Waals surface area contributed by atoms with Gasteiger partial charge in [0.05, 0.1) is 24.2 Å². The van der Waals surface area contributed by atoms with E-state index >= 15 is 0 Å². The second-order valence-corrected chi connectivity index (χ2v) is 9.54. The molecule has 2 aromatic heterocycles. The number of hydrogen-bond acceptors (Lipinski definition) is 7. The van der Waals surface area contributed by atoms with Gasteiger partial charge in [0.1, 0.15) is 11.3 Å². The molecule has 0 saturated carbocycles. The van der Waals surface area contributed by atoms with E-state index in [1.165, 1.54) is 18.9 Å². The Morgan fingerprint density at radius 2 is 1.84 bits per heavy atom. The molecule has 0 radical (unpaired) electrons. The monoisotopic (exact) mass is 505 g/mol. The number of phenolic OH excluding ortho intramolecular Hbond substituents is 2. The van der Waals surface area contributed by atoms with E-state index in [9.17, 15) is 10.2 Å². The Hall–Kier alpha value is -3.36. The number of anilines is 1. The molecule has 0 unspecified atom stereocenters. The van der Waals surface area contributed by atoms with Gasteiger partial charge in [0.2, 0.25) is 0 Å². The molecule has 0 fully saturated rings. The Morgan fingerprint density at radius 1 is 1.00 bits per heavy atom. The standard InChI is InChI=1S/C29H39N5O3/c1-3-5-7-15-37-16-14-31-18-20-12-13-23-22(17-20)27-26(29(30)32-23)33-25(11-6-4-2)34(27)19-21-9-8-10-24(35)28(21)36/h8-10,12-13,17,31,35-36H,3-7,11,14-16,18-19H2,1-2H3,(H2,30,32). The Morgan fingerprint density at radius 3 is 2.65 bits per heavy atom. The van der Waals surface area contributed by atoms with Gasteiger partial charge in [-0.1, -0.05) is 51.3 Å². The van der Waals surface area contributed by atoms with E-state index in [1.54, 1.807) is 6.07 Å². The van der Waals surface area contributed by atoms with Crippen LogP contribution in [0.2, 0.25) is 0 Å². The van der Waals surface area contributed by atoms with Crippen LogP contribution in [0.5, 0.6) is 11.5 Å². The number of pyridine rings is 1. The number of phenols is 2. The second-order valence-electron chi connectivity index (χ2n) is 9.54. The third-order valence-electron chi connectivity index (χ3n) is 6.67. The highest BCUT2D eigenvalue weighted by molar-refractivity contribution is 6.06. The number of hydrogen-bond donors (Lipinski definition) is 4. The summed E-state index contributed by atoms with van der Waals surface area (Å²) < 4.78 is 7.82. The number of ether oxygens (including phenoxy) is 1. The van der Waals surface area contributed by atoms with Crippen molar-refractivity contribution < 1.29 is 14.9 Å². The van der Waals surface area contributed by atoms with Gasteiger partial charge in [-0.25, -0.2) is 9.97 Å². The number of rotatable bonds is 14. The average Bonchev–Trinajstić information content (AvgIpc) is 3.26. The molecule has 8 nitrogen and oxygen atoms in total. The quantitative estimate of drug-likeness (QED) is 0.136. The van der Waals surface area contributed by atoms with E-state index in [1.807, 2.05) is 12.1 Å². The number of imidazole rings is 1. The molecular formula is C29H39N5O3. The molecular weight excluding hydrogens is 466 g/mol. The second kappa shape index (κ2) is 12.7. The molecule has 4 aromatic rings. The molecule has 8 heteroatoms. The number of benzene rings is 2. The summed E-state index contributed by atoms with van der Waals surface area (Å²) in [6, 6.07) is 11.2. The summed E-state index contributed by atoms with van der Waals surface area (Å²) in [6.07, 6.45) is 6.32. The number of unbranched alkanes of at least 4 members (excludes halogenated alkanes) is 3. The van der Waals surface area contributed by atoms with Gasteiger partial charge < -0.3 is 30.6 Å². The number of aromatic hydroxyl groups is 2. The van der Waals surface area contributed by atoms with Crippen LogP contribution in [0.1, 0.15) is 62.9 Å². The van der Waals surface area contributed by atoms with E-state index in [-0.39, 0.29) is 11.5 Å². The van der Waals surface area contributed by atoms with E-state index in [0.717, 1.165) is 66.6 Å². The maximum Gasteiger partial charge on any atom is 0.162 e. The lowest BCUT2D eigenvalue weighted by Gasteiger charge is -2.13. The van der Waals surface area contributed by atoms with Crippen LogP contribution in [-0.4, -0.2) is 44.5 Å². The smallest absolute Gasteiger partial charge is 0.162 e. The molecule has 0 atom stereocenters. The van der Waals surface area contributed by atoms with Crippen LogP contribution >= 0.6 is 0 Å². The molecule has 0 bridgehead atoms. The Kier molecular flexibility index (Phi) is 9.19. The zero-order valence-corrected chi connectivity index (χ0v) is 22.0. The topological polar surface area (TPSA) is 118 Å². The van der Waals surface area contributed by atoms with Crippen molar-refractivity contribution in [2.75, 3.05) is 25.5 Å². The summed E-state index contributed by atoms with van der Waals surface area (Å²) in [6.45, 7) is 7.72. The van der Waals surface area contributed by atoms with Crippen LogP contribution in [-0.2, 0) is 24.2 Å². The molecule has 0 saturated heterocycles. The predicted octanol–water partition coefficient (Wildman–Crippen LogP) is 5.27. The van der Waals surface area contributed by atoms with Crippen LogP contribution < -0.4 is 11.1 Å². The number of nitrogens with two attached hydrogens (primary N) is 1. The van der Waals surface area contributed by atoms with Gasteiger partial charge >= 0.3 is 0 Å². The summed E-state index contributed by atoms with van der Waals surface area (Å²) >= 11 is 0. The largest absolute Gasteiger partial charge is 0.504 e. The fourth-order valence-corrected chi connectivity index (χ4v) is 4.62. The maximum absolute atomic E-state index is 10.5. The first-order valence-corrected chi connectivity index (χ1v) is 13.4. The van der Waals surface area contributed by atoms with Crippen molar-refractivity contribution in [2.45, 2.75) is 65.5 Å². The van der Waals surface area contributed by atoms with Crippen molar-refractivity contribution >= 4 is 27.8 Å². The lowest BCUT2D eigenvalue weighted by atomic mass is 10.1. The predicted molar refractivity (Wildman–Crippen MR) is 149 cm³/mol. The Bertz CT molecular complexity index is 1330. The summed E-state index contributed by atoms with van der Waals surface area (Å²) in [7, 11) is 0. The third kappa shape index (κ3) is 6.32. The number of aryl methyl sites for hydroxylation is 1. The molecule has 0 aliphatic rings. The van der Waals surface area contributed by atoms with Gasteiger partial charge in [0.25, 0.3) is 0 Å². The lowest BCUT2D eigenvalue weighted by molar-refractivity contribution is 0.132. The van der Waals surface area contributed by atoms with E-state index in [2.05, 4.69) is 40.8 Å². The minimum Gasteiger partial charge on any atom is -0.504 e. The minimum absolute atomic E-state index is 0.112. The van der Waals surface area contributed by atoms with Crippen LogP contribution in [0.4, 0.5) is 5.82 Å². The normalized spacial score (nSPS) is 11.6. The van der Waals surface area contributed by atoms with Crippen molar-refractivity contribution in [1.82, 2.24) is 19.9 Å². The maximum atomic E-state index is 10.5. The molecule has 0 aliphatic heterocycles. The number of para-hydroxylation sites is 1. The fourth-order valence-electron chi connectivity index (χ4n) is 4.62. The molecule has 0 spiro atoms. The molecule has 37 heavy (non-hydrogen) atoms. The van der Waals surface area contributed by atoms with Gasteiger partial charge in [-0.3, -0.25) is 0 Å². The van der Waals surface area contributed by atoms with Gasteiger partial charge in [0.15, 0.2) is 17.3 Å². The van der Waals surface area contributed by atoms with Gasteiger partial charge in [0, 0.05) is 37.1 Å². The first-order valence-electron chi connectivity index (χ1n) is 13.4. The van der Waals surface area contributed by atoms with E-state index in [0.29, 0.717) is 36.6 Å². The molecule has 0 aliphatic carbocycles. The molecule has 5 N–H and O–H groups in total. The van der Waals surface area contributed by atoms with E-state index < -0.39 is 0 Å². The number of nitrogens with one attached hydrogen (secondary N) is 1. The van der Waals surface area contributed by atoms with Crippen LogP contribution in [0.25, 0.3) is 21.9 Å². The lowest BCUT2D eigenvalue weighted by Crippen LogP contribution is -2.19. The minimum atomic E-state index is -0.134. The third-order valence-corrected chi connectivity index (χ3v) is 6.67. The summed E-state index contributed by atoms with van der Waals surface area (Å²) in [5.74, 6) is 1.04.